The lowest BCUT2D eigenvalue weighted by atomic mass is 10.1. The maximum Gasteiger partial charge on any atom is 0.265 e. The van der Waals surface area contributed by atoms with Crippen molar-refractivity contribution in [3.05, 3.63) is 35.1 Å². The molecular formula is C12H16FNO3S. The van der Waals surface area contributed by atoms with E-state index in [9.17, 15) is 17.6 Å². The Balaban J connectivity index is 2.96. The molecule has 18 heavy (non-hydrogen) atoms. The number of aryl methyl sites for hydroxylation is 1. The highest BCUT2D eigenvalue weighted by Crippen LogP contribution is 2.11. The van der Waals surface area contributed by atoms with Crippen LogP contribution in [0.4, 0.5) is 4.39 Å². The fourth-order valence-electron chi connectivity index (χ4n) is 1.39. The van der Waals surface area contributed by atoms with Crippen molar-refractivity contribution in [3.63, 3.8) is 0 Å². The monoisotopic (exact) mass is 273 g/mol. The van der Waals surface area contributed by atoms with Crippen molar-refractivity contribution >= 4 is 15.9 Å². The summed E-state index contributed by atoms with van der Waals surface area (Å²) in [5, 5.41) is -0.651. The number of nitrogens with one attached hydrogen (secondary N) is 1. The van der Waals surface area contributed by atoms with Crippen LogP contribution in [-0.2, 0) is 10.0 Å². The fraction of sp³-hybridized carbons (Fsp3) is 0.417. The van der Waals surface area contributed by atoms with Gasteiger partial charge in [-0.1, -0.05) is 6.92 Å². The van der Waals surface area contributed by atoms with Gasteiger partial charge in [-0.25, -0.2) is 17.5 Å². The van der Waals surface area contributed by atoms with Gasteiger partial charge in [0.2, 0.25) is 10.0 Å². The van der Waals surface area contributed by atoms with E-state index in [0.29, 0.717) is 12.0 Å². The molecule has 1 rings (SSSR count). The third-order valence-electron chi connectivity index (χ3n) is 2.77. The summed E-state index contributed by atoms with van der Waals surface area (Å²) in [5.41, 5.74) is 0.551. The second-order valence-electron chi connectivity index (χ2n) is 4.15. The quantitative estimate of drug-likeness (QED) is 0.912. The standard InChI is InChI=1S/C12H16FNO3S/c1-4-9(3)18(16,17)14-12(15)11-6-5-10(13)7-8(11)2/h5-7,9H,4H2,1-3H3,(H,14,15)/t9-/m0/s1. The van der Waals surface area contributed by atoms with Crippen LogP contribution in [-0.4, -0.2) is 19.6 Å². The molecule has 0 saturated carbocycles. The Morgan fingerprint density at radius 1 is 1.44 bits per heavy atom. The molecule has 4 nitrogen and oxygen atoms in total. The molecule has 0 aromatic heterocycles. The van der Waals surface area contributed by atoms with Crippen LogP contribution in [0.15, 0.2) is 18.2 Å². The van der Waals surface area contributed by atoms with Crippen LogP contribution < -0.4 is 4.72 Å². The first-order valence-corrected chi connectivity index (χ1v) is 7.14. The number of amides is 1. The van der Waals surface area contributed by atoms with E-state index in [1.54, 1.807) is 13.8 Å². The molecule has 0 aliphatic rings. The Labute approximate surface area is 106 Å². The Morgan fingerprint density at radius 3 is 2.56 bits per heavy atom. The van der Waals surface area contributed by atoms with Gasteiger partial charge in [0.15, 0.2) is 0 Å². The predicted molar refractivity (Wildman–Crippen MR) is 67.3 cm³/mol. The van der Waals surface area contributed by atoms with Crippen molar-refractivity contribution in [2.24, 2.45) is 0 Å². The van der Waals surface area contributed by atoms with Gasteiger partial charge < -0.3 is 0 Å². The van der Waals surface area contributed by atoms with Gasteiger partial charge in [-0.15, -0.1) is 0 Å². The van der Waals surface area contributed by atoms with Crippen LogP contribution in [0.25, 0.3) is 0 Å². The van der Waals surface area contributed by atoms with Crippen LogP contribution in [0.2, 0.25) is 0 Å². The molecular weight excluding hydrogens is 257 g/mol. The van der Waals surface area contributed by atoms with E-state index in [2.05, 4.69) is 0 Å². The van der Waals surface area contributed by atoms with Crippen molar-refractivity contribution in [3.8, 4) is 0 Å². The highest BCUT2D eigenvalue weighted by Gasteiger charge is 2.22. The summed E-state index contributed by atoms with van der Waals surface area (Å²) in [6.45, 7) is 4.79. The van der Waals surface area contributed by atoms with Crippen LogP contribution >= 0.6 is 0 Å². The van der Waals surface area contributed by atoms with Crippen molar-refractivity contribution in [1.82, 2.24) is 4.72 Å². The molecule has 0 aliphatic heterocycles. The second kappa shape index (κ2) is 5.48. The Kier molecular flexibility index (Phi) is 4.45. The molecule has 1 atom stereocenters. The molecule has 0 radical (unpaired) electrons. The Hall–Kier alpha value is -1.43. The molecule has 1 N–H and O–H groups in total. The summed E-state index contributed by atoms with van der Waals surface area (Å²) >= 11 is 0. The van der Waals surface area contributed by atoms with Crippen molar-refractivity contribution in [2.45, 2.75) is 32.4 Å². The zero-order chi connectivity index (χ0) is 13.9. The van der Waals surface area contributed by atoms with Crippen LogP contribution in [0.3, 0.4) is 0 Å². The molecule has 0 spiro atoms. The molecule has 1 amide bonds. The zero-order valence-electron chi connectivity index (χ0n) is 10.5. The molecule has 0 unspecified atom stereocenters. The van der Waals surface area contributed by atoms with Crippen molar-refractivity contribution < 1.29 is 17.6 Å². The van der Waals surface area contributed by atoms with Gasteiger partial charge in [-0.2, -0.15) is 0 Å². The molecule has 1 aromatic rings. The number of halogens is 1. The molecule has 0 heterocycles. The first-order valence-electron chi connectivity index (χ1n) is 5.60. The van der Waals surface area contributed by atoms with Gasteiger partial charge in [-0.3, -0.25) is 4.79 Å². The van der Waals surface area contributed by atoms with E-state index in [1.165, 1.54) is 19.1 Å². The van der Waals surface area contributed by atoms with Crippen molar-refractivity contribution in [2.75, 3.05) is 0 Å². The average Bonchev–Trinajstić information content (AvgIpc) is 2.26. The van der Waals surface area contributed by atoms with Crippen LogP contribution in [0.5, 0.6) is 0 Å². The Morgan fingerprint density at radius 2 is 2.06 bits per heavy atom. The molecule has 0 fully saturated rings. The second-order valence-corrected chi connectivity index (χ2v) is 6.25. The summed E-state index contributed by atoms with van der Waals surface area (Å²) in [6, 6.07) is 3.58. The summed E-state index contributed by atoms with van der Waals surface area (Å²) in [4.78, 5) is 11.8. The smallest absolute Gasteiger partial charge is 0.265 e. The Bertz CT molecular complexity index is 554. The molecule has 0 saturated heterocycles. The van der Waals surface area contributed by atoms with E-state index in [0.717, 1.165) is 6.07 Å². The number of rotatable bonds is 4. The third kappa shape index (κ3) is 3.29. The molecule has 0 bridgehead atoms. The lowest BCUT2D eigenvalue weighted by Gasteiger charge is -2.12. The van der Waals surface area contributed by atoms with Crippen LogP contribution in [0.1, 0.15) is 36.2 Å². The fourth-order valence-corrected chi connectivity index (χ4v) is 2.39. The topological polar surface area (TPSA) is 63.2 Å². The van der Waals surface area contributed by atoms with Crippen molar-refractivity contribution in [1.29, 1.82) is 0 Å². The highest BCUT2D eigenvalue weighted by molar-refractivity contribution is 7.90. The van der Waals surface area contributed by atoms with Gasteiger partial charge in [0.05, 0.1) is 5.25 Å². The molecule has 1 aromatic carbocycles. The third-order valence-corrected chi connectivity index (χ3v) is 4.64. The highest BCUT2D eigenvalue weighted by atomic mass is 32.2. The van der Waals surface area contributed by atoms with E-state index in [1.807, 2.05) is 4.72 Å². The lowest BCUT2D eigenvalue weighted by molar-refractivity contribution is 0.0980. The minimum Gasteiger partial charge on any atom is -0.268 e. The first-order chi connectivity index (χ1) is 8.27. The van der Waals surface area contributed by atoms with E-state index in [-0.39, 0.29) is 5.56 Å². The van der Waals surface area contributed by atoms with Gasteiger partial charge >= 0.3 is 0 Å². The number of hydrogen-bond acceptors (Lipinski definition) is 3. The van der Waals surface area contributed by atoms with Gasteiger partial charge in [0, 0.05) is 5.56 Å². The molecule has 100 valence electrons. The summed E-state index contributed by atoms with van der Waals surface area (Å²) in [6.07, 6.45) is 0.408. The maximum absolute atomic E-state index is 12.9. The zero-order valence-corrected chi connectivity index (χ0v) is 11.3. The number of carbonyl (C=O) groups is 1. The minimum absolute atomic E-state index is 0.156. The molecule has 0 aliphatic carbocycles. The average molecular weight is 273 g/mol. The summed E-state index contributed by atoms with van der Waals surface area (Å²) in [7, 11) is -3.68. The van der Waals surface area contributed by atoms with E-state index < -0.39 is 27.0 Å². The predicted octanol–water partition coefficient (Wildman–Crippen LogP) is 1.99. The van der Waals surface area contributed by atoms with Gasteiger partial charge in [0.1, 0.15) is 5.82 Å². The summed E-state index contributed by atoms with van der Waals surface area (Å²) < 4.78 is 38.3. The number of hydrogen-bond donors (Lipinski definition) is 1. The van der Waals surface area contributed by atoms with Gasteiger partial charge in [-0.05, 0) is 44.0 Å². The van der Waals surface area contributed by atoms with E-state index in [4.69, 9.17) is 0 Å². The number of benzene rings is 1. The largest absolute Gasteiger partial charge is 0.268 e. The minimum atomic E-state index is -3.68. The normalized spacial score (nSPS) is 13.1. The lowest BCUT2D eigenvalue weighted by Crippen LogP contribution is -2.37. The molecule has 6 heteroatoms. The van der Waals surface area contributed by atoms with Gasteiger partial charge in [0.25, 0.3) is 5.91 Å². The SMILES string of the molecule is CC[C@H](C)S(=O)(=O)NC(=O)c1ccc(F)cc1C. The number of sulfonamides is 1. The number of carbonyl (C=O) groups excluding carboxylic acids is 1. The maximum atomic E-state index is 12.9. The first kappa shape index (κ1) is 14.6. The van der Waals surface area contributed by atoms with Crippen LogP contribution in [0, 0.1) is 12.7 Å². The van der Waals surface area contributed by atoms with E-state index >= 15 is 0 Å². The summed E-state index contributed by atoms with van der Waals surface area (Å²) in [5.74, 6) is -1.19.